The van der Waals surface area contributed by atoms with Crippen LogP contribution in [-0.4, -0.2) is 42.0 Å². The molecule has 3 rings (SSSR count). The van der Waals surface area contributed by atoms with Crippen LogP contribution in [0.3, 0.4) is 0 Å². The summed E-state index contributed by atoms with van der Waals surface area (Å²) in [6.07, 6.45) is -1.75. The number of hydrogen-bond donors (Lipinski definition) is 1. The highest BCUT2D eigenvalue weighted by atomic mass is 35.5. The van der Waals surface area contributed by atoms with Gasteiger partial charge in [-0.25, -0.2) is 0 Å². The van der Waals surface area contributed by atoms with Crippen LogP contribution in [0, 0.1) is 12.8 Å². The summed E-state index contributed by atoms with van der Waals surface area (Å²) in [6.45, 7) is 8.28. The van der Waals surface area contributed by atoms with Gasteiger partial charge in [-0.1, -0.05) is 31.5 Å². The number of benzene rings is 1. The van der Waals surface area contributed by atoms with Gasteiger partial charge in [0.15, 0.2) is 0 Å². The van der Waals surface area contributed by atoms with E-state index in [1.54, 1.807) is 17.7 Å². The van der Waals surface area contributed by atoms with Gasteiger partial charge in [-0.15, -0.1) is 0 Å². The van der Waals surface area contributed by atoms with Crippen LogP contribution in [0.4, 0.5) is 18.9 Å². The molecule has 0 atom stereocenters. The average Bonchev–Trinajstić information content (AvgIpc) is 3.02. The minimum absolute atomic E-state index is 0.000209. The molecule has 1 aromatic heterocycles. The molecule has 1 aliphatic heterocycles. The number of anilines is 1. The monoisotopic (exact) mass is 484 g/mol. The number of amides is 1. The summed E-state index contributed by atoms with van der Waals surface area (Å²) in [5, 5.41) is 7.32. The zero-order valence-corrected chi connectivity index (χ0v) is 19.6. The largest absolute Gasteiger partial charge is 0.416 e. The molecule has 1 amide bonds. The molecule has 180 valence electrons. The van der Waals surface area contributed by atoms with Gasteiger partial charge in [-0.2, -0.15) is 18.3 Å². The molecule has 1 fully saturated rings. The van der Waals surface area contributed by atoms with Crippen LogP contribution in [0.25, 0.3) is 6.08 Å². The molecule has 33 heavy (non-hydrogen) atoms. The van der Waals surface area contributed by atoms with Crippen LogP contribution in [0.1, 0.15) is 36.2 Å². The minimum Gasteiger partial charge on any atom is -0.378 e. The van der Waals surface area contributed by atoms with E-state index in [9.17, 15) is 18.0 Å². The molecular formula is C23H28ClF3N4O2. The van der Waals surface area contributed by atoms with Gasteiger partial charge >= 0.3 is 6.18 Å². The fraction of sp³-hybridized carbons (Fsp3) is 0.478. The number of nitrogens with zero attached hydrogens (tertiary/aromatic N) is 3. The van der Waals surface area contributed by atoms with E-state index >= 15 is 0 Å². The number of rotatable bonds is 7. The Morgan fingerprint density at radius 3 is 2.64 bits per heavy atom. The molecule has 2 aromatic rings. The van der Waals surface area contributed by atoms with Gasteiger partial charge in [0.2, 0.25) is 5.91 Å². The molecule has 2 heterocycles. The number of morpholine rings is 1. The van der Waals surface area contributed by atoms with E-state index in [-0.39, 0.29) is 12.1 Å². The SMILES string of the molecule is Cc1nn(CC(C)C)c(Cl)c1/C=C/C(=O)NCc1ccc(N2CCOCC2)cc1C(F)(F)F. The van der Waals surface area contributed by atoms with Gasteiger partial charge in [0, 0.05) is 43.5 Å². The van der Waals surface area contributed by atoms with Crippen LogP contribution < -0.4 is 10.2 Å². The van der Waals surface area contributed by atoms with Crippen molar-refractivity contribution in [2.24, 2.45) is 5.92 Å². The fourth-order valence-electron chi connectivity index (χ4n) is 3.62. The first-order chi connectivity index (χ1) is 15.6. The van der Waals surface area contributed by atoms with Crippen molar-refractivity contribution in [1.82, 2.24) is 15.1 Å². The molecule has 0 radical (unpaired) electrons. The van der Waals surface area contributed by atoms with Gasteiger partial charge in [0.1, 0.15) is 5.15 Å². The number of carbonyl (C=O) groups is 1. The predicted octanol–water partition coefficient (Wildman–Crippen LogP) is 4.69. The quantitative estimate of drug-likeness (QED) is 0.579. The number of ether oxygens (including phenoxy) is 1. The summed E-state index contributed by atoms with van der Waals surface area (Å²) in [7, 11) is 0. The standard InChI is InChI=1S/C23H28ClF3N4O2/c1-15(2)14-31-22(24)19(16(3)29-31)6-7-21(32)28-13-17-4-5-18(12-20(17)23(25,26)27)30-8-10-33-11-9-30/h4-7,12,15H,8-11,13-14H2,1-3H3,(H,28,32)/b7-6+. The number of nitrogens with one attached hydrogen (secondary N) is 1. The van der Waals surface area contributed by atoms with Crippen molar-refractivity contribution in [1.29, 1.82) is 0 Å². The fourth-order valence-corrected chi connectivity index (χ4v) is 3.93. The van der Waals surface area contributed by atoms with Crippen LogP contribution in [-0.2, 0) is 28.8 Å². The molecule has 1 saturated heterocycles. The van der Waals surface area contributed by atoms with Crippen molar-refractivity contribution in [3.63, 3.8) is 0 Å². The van der Waals surface area contributed by atoms with Crippen LogP contribution in [0.2, 0.25) is 5.15 Å². The Labute approximate surface area is 196 Å². The summed E-state index contributed by atoms with van der Waals surface area (Å²) in [5.41, 5.74) is 1.01. The highest BCUT2D eigenvalue weighted by Crippen LogP contribution is 2.35. The zero-order chi connectivity index (χ0) is 24.2. The van der Waals surface area contributed by atoms with Gasteiger partial charge in [-0.05, 0) is 36.6 Å². The number of carbonyl (C=O) groups excluding carboxylic acids is 1. The first-order valence-electron chi connectivity index (χ1n) is 10.8. The maximum absolute atomic E-state index is 13.7. The number of hydrogen-bond acceptors (Lipinski definition) is 4. The normalized spacial score (nSPS) is 15.0. The van der Waals surface area contributed by atoms with Crippen molar-refractivity contribution < 1.29 is 22.7 Å². The molecule has 1 N–H and O–H groups in total. The highest BCUT2D eigenvalue weighted by molar-refractivity contribution is 6.31. The summed E-state index contributed by atoms with van der Waals surface area (Å²) >= 11 is 6.36. The third-order valence-electron chi connectivity index (χ3n) is 5.28. The van der Waals surface area contributed by atoms with Crippen molar-refractivity contribution in [3.05, 3.63) is 51.8 Å². The van der Waals surface area contributed by atoms with Crippen molar-refractivity contribution in [2.45, 2.75) is 40.0 Å². The summed E-state index contributed by atoms with van der Waals surface area (Å²) in [6, 6.07) is 4.19. The summed E-state index contributed by atoms with van der Waals surface area (Å²) in [4.78, 5) is 14.2. The van der Waals surface area contributed by atoms with Crippen LogP contribution >= 0.6 is 11.6 Å². The van der Waals surface area contributed by atoms with E-state index in [0.717, 1.165) is 6.07 Å². The average molecular weight is 485 g/mol. The first-order valence-corrected chi connectivity index (χ1v) is 11.2. The molecule has 1 aromatic carbocycles. The highest BCUT2D eigenvalue weighted by Gasteiger charge is 2.34. The Bertz CT molecular complexity index is 1010. The minimum atomic E-state index is -4.53. The molecule has 6 nitrogen and oxygen atoms in total. The van der Waals surface area contributed by atoms with E-state index < -0.39 is 17.6 Å². The molecule has 10 heteroatoms. The number of aryl methyl sites for hydroxylation is 1. The number of aromatic nitrogens is 2. The molecule has 0 unspecified atom stereocenters. The molecule has 1 aliphatic rings. The maximum atomic E-state index is 13.7. The second-order valence-electron chi connectivity index (χ2n) is 8.36. The predicted molar refractivity (Wildman–Crippen MR) is 122 cm³/mol. The Morgan fingerprint density at radius 2 is 2.00 bits per heavy atom. The Morgan fingerprint density at radius 1 is 1.30 bits per heavy atom. The first kappa shape index (κ1) is 25.1. The lowest BCUT2D eigenvalue weighted by Crippen LogP contribution is -2.36. The Hall–Kier alpha value is -2.52. The lowest BCUT2D eigenvalue weighted by atomic mass is 10.0. The Kier molecular flexibility index (Phi) is 8.07. The van der Waals surface area contributed by atoms with Gasteiger partial charge in [0.25, 0.3) is 0 Å². The van der Waals surface area contributed by atoms with Crippen molar-refractivity contribution in [3.8, 4) is 0 Å². The van der Waals surface area contributed by atoms with E-state index in [1.165, 1.54) is 18.2 Å². The molecule has 0 saturated carbocycles. The summed E-state index contributed by atoms with van der Waals surface area (Å²) < 4.78 is 48.0. The molecular weight excluding hydrogens is 457 g/mol. The topological polar surface area (TPSA) is 59.4 Å². The van der Waals surface area contributed by atoms with E-state index in [2.05, 4.69) is 10.4 Å². The summed E-state index contributed by atoms with van der Waals surface area (Å²) in [5.74, 6) is -0.174. The third kappa shape index (κ3) is 6.51. The number of alkyl halides is 3. The van der Waals surface area contributed by atoms with E-state index in [4.69, 9.17) is 16.3 Å². The lowest BCUT2D eigenvalue weighted by Gasteiger charge is -2.29. The second-order valence-corrected chi connectivity index (χ2v) is 8.71. The smallest absolute Gasteiger partial charge is 0.378 e. The maximum Gasteiger partial charge on any atom is 0.416 e. The van der Waals surface area contributed by atoms with E-state index in [0.29, 0.717) is 60.9 Å². The van der Waals surface area contributed by atoms with E-state index in [1.807, 2.05) is 18.7 Å². The molecule has 0 spiro atoms. The number of halogens is 4. The van der Waals surface area contributed by atoms with Crippen LogP contribution in [0.15, 0.2) is 24.3 Å². The van der Waals surface area contributed by atoms with Gasteiger partial charge < -0.3 is 15.0 Å². The second kappa shape index (κ2) is 10.6. The molecule has 0 aliphatic carbocycles. The zero-order valence-electron chi connectivity index (χ0n) is 18.9. The van der Waals surface area contributed by atoms with Crippen molar-refractivity contribution in [2.75, 3.05) is 31.2 Å². The van der Waals surface area contributed by atoms with Gasteiger partial charge in [0.05, 0.1) is 24.5 Å². The Balaban J connectivity index is 1.70. The van der Waals surface area contributed by atoms with Crippen LogP contribution in [0.5, 0.6) is 0 Å². The molecule has 0 bridgehead atoms. The third-order valence-corrected chi connectivity index (χ3v) is 5.68. The van der Waals surface area contributed by atoms with Gasteiger partial charge in [-0.3, -0.25) is 9.48 Å². The van der Waals surface area contributed by atoms with Crippen molar-refractivity contribution >= 4 is 29.3 Å². The lowest BCUT2D eigenvalue weighted by molar-refractivity contribution is -0.138.